The van der Waals surface area contributed by atoms with Crippen LogP contribution in [0.1, 0.15) is 77.3 Å². The molecule has 3 aliphatic rings. The Hall–Kier alpha value is -1.53. The normalized spacial score (nSPS) is 19.2. The van der Waals surface area contributed by atoms with Crippen LogP contribution in [-0.4, -0.2) is 48.6 Å². The van der Waals surface area contributed by atoms with E-state index in [1.165, 1.54) is 33.3 Å². The Bertz CT molecular complexity index is 2050. The first-order valence-electron chi connectivity index (χ1n) is 17.5. The van der Waals surface area contributed by atoms with Gasteiger partial charge < -0.3 is 32.2 Å². The molecule has 0 saturated heterocycles. The Morgan fingerprint density at radius 2 is 1.63 bits per heavy atom. The molecule has 3 aromatic carbocycles. The summed E-state index contributed by atoms with van der Waals surface area (Å²) in [6.45, 7) is 11.2. The van der Waals surface area contributed by atoms with Crippen LogP contribution < -0.4 is 57.2 Å². The zero-order valence-corrected chi connectivity index (χ0v) is 37.8. The smallest absolute Gasteiger partial charge is 1.00 e. The van der Waals surface area contributed by atoms with Crippen LogP contribution in [0.15, 0.2) is 107 Å². The number of hydrogen-bond donors (Lipinski definition) is 1. The summed E-state index contributed by atoms with van der Waals surface area (Å²) >= 11 is 7.21. The number of rotatable bonds is 11. The van der Waals surface area contributed by atoms with Crippen molar-refractivity contribution in [3.63, 3.8) is 0 Å². The number of benzene rings is 3. The van der Waals surface area contributed by atoms with Gasteiger partial charge in [-0.25, -0.2) is 8.42 Å². The second kappa shape index (κ2) is 18.4. The van der Waals surface area contributed by atoms with Crippen molar-refractivity contribution < 1.29 is 64.1 Å². The van der Waals surface area contributed by atoms with Crippen LogP contribution in [0.5, 0.6) is 0 Å². The van der Waals surface area contributed by atoms with Gasteiger partial charge in [0, 0.05) is 58.3 Å². The van der Waals surface area contributed by atoms with E-state index in [1.54, 1.807) is 0 Å². The van der Waals surface area contributed by atoms with Crippen LogP contribution in [0.2, 0.25) is 0 Å². The van der Waals surface area contributed by atoms with Crippen molar-refractivity contribution >= 4 is 66.6 Å². The average Bonchev–Trinajstić information content (AvgIpc) is 3.42. The second-order valence-electron chi connectivity index (χ2n) is 14.5. The zero-order chi connectivity index (χ0) is 35.0. The Balaban J connectivity index is 0.00000243. The second-order valence-corrected chi connectivity index (χ2v) is 16.4. The number of fused-ring (bicyclic) bond motifs is 4. The van der Waals surface area contributed by atoms with Gasteiger partial charge >= 0.3 is 29.6 Å². The molecule has 0 spiro atoms. The van der Waals surface area contributed by atoms with Crippen molar-refractivity contribution in [2.45, 2.75) is 77.0 Å². The molecule has 274 valence electrons. The topological polar surface area (TPSA) is 89.5 Å². The van der Waals surface area contributed by atoms with Crippen molar-refractivity contribution in [3.8, 4) is 0 Å². The van der Waals surface area contributed by atoms with Gasteiger partial charge in [-0.3, -0.25) is 0 Å². The summed E-state index contributed by atoms with van der Waals surface area (Å²) in [6, 6.07) is 21.5. The largest absolute Gasteiger partial charge is 1.00 e. The van der Waals surface area contributed by atoms with Crippen LogP contribution >= 0.6 is 28.6 Å². The van der Waals surface area contributed by atoms with Gasteiger partial charge in [0.1, 0.15) is 0 Å². The van der Waals surface area contributed by atoms with Crippen molar-refractivity contribution in [1.29, 1.82) is 0 Å². The molecule has 0 radical (unpaired) electrons. The molecule has 0 fully saturated rings. The number of anilines is 1. The fraction of sp³-hybridized carbons (Fsp3) is 0.390. The number of unbranched alkanes of at least 4 members (excludes halogenated alkanes) is 1. The number of nitrogens with zero attached hydrogens (tertiary/aromatic N) is 2. The first-order chi connectivity index (χ1) is 23.3. The molecule has 0 bridgehead atoms. The minimum atomic E-state index is -4.23. The SMILES string of the molecule is Br.CC1(C)C(/C=C/C2=C(Cl)C(=C/C=C3/N(CCCCS(=O)(=O)[O-])c4ccccc4C3(C)C)/CCC2)=[N+](CCCN)c2ccc3ccccc3c21.[Br-].[Na+]. The summed E-state index contributed by atoms with van der Waals surface area (Å²) in [5.41, 5.74) is 15.2. The molecular weight excluding hydrogens is 833 g/mol. The van der Waals surface area contributed by atoms with Gasteiger partial charge in [-0.2, -0.15) is 4.58 Å². The molecule has 2 aliphatic heterocycles. The Labute approximate surface area is 358 Å². The van der Waals surface area contributed by atoms with E-state index in [-0.39, 0.29) is 80.1 Å². The number of halogens is 3. The molecule has 0 saturated carbocycles. The molecular formula is C41H49Br2ClN3NaO3S. The van der Waals surface area contributed by atoms with E-state index in [2.05, 4.69) is 116 Å². The van der Waals surface area contributed by atoms with Gasteiger partial charge in [-0.05, 0) is 98.2 Å². The van der Waals surface area contributed by atoms with Crippen molar-refractivity contribution in [2.75, 3.05) is 30.3 Å². The van der Waals surface area contributed by atoms with Crippen LogP contribution in [0, 0.1) is 0 Å². The maximum Gasteiger partial charge on any atom is 1.00 e. The van der Waals surface area contributed by atoms with Gasteiger partial charge in [0.25, 0.3) is 0 Å². The predicted octanol–water partition coefficient (Wildman–Crippen LogP) is 3.32. The summed E-state index contributed by atoms with van der Waals surface area (Å²) in [5, 5.41) is 3.36. The van der Waals surface area contributed by atoms with E-state index in [1.807, 2.05) is 6.07 Å². The summed E-state index contributed by atoms with van der Waals surface area (Å²) in [6.07, 6.45) is 13.6. The molecule has 2 N–H and O–H groups in total. The van der Waals surface area contributed by atoms with Crippen LogP contribution in [0.25, 0.3) is 10.8 Å². The number of para-hydroxylation sites is 1. The molecule has 3 aromatic rings. The minimum Gasteiger partial charge on any atom is -1.00 e. The molecule has 11 heteroatoms. The first-order valence-corrected chi connectivity index (χ1v) is 19.5. The Morgan fingerprint density at radius 1 is 0.923 bits per heavy atom. The van der Waals surface area contributed by atoms with E-state index in [0.717, 1.165) is 59.8 Å². The standard InChI is InChI=1S/C41H48ClN3O3S.2BrH.Na/c1-40(2)33-17-7-8-18-34(33)44(26-9-10-28-49(46,47)48)36(40)23-20-30-14-11-15-31(39(30)42)21-24-37-41(3,4)38-32-16-6-5-13-29(32)19-22-35(38)45(37)27-12-25-43;;;/h5-8,13,16-24H,9-12,14-15,25-28,43H2,1-4H3;2*1H;/q;;;+1/p-1. The summed E-state index contributed by atoms with van der Waals surface area (Å²) in [5.74, 6) is -0.338. The third-order valence-electron chi connectivity index (χ3n) is 10.5. The minimum absolute atomic E-state index is 0. The molecule has 0 amide bonds. The summed E-state index contributed by atoms with van der Waals surface area (Å²) < 4.78 is 36.1. The quantitative estimate of drug-likeness (QED) is 0.138. The maximum absolute atomic E-state index is 11.2. The average molecular weight is 882 g/mol. The molecule has 0 aromatic heterocycles. The van der Waals surface area contributed by atoms with E-state index in [9.17, 15) is 13.0 Å². The zero-order valence-electron chi connectivity index (χ0n) is 30.9. The number of hydrogen-bond acceptors (Lipinski definition) is 5. The van der Waals surface area contributed by atoms with Gasteiger partial charge in [0.2, 0.25) is 5.69 Å². The van der Waals surface area contributed by atoms with Gasteiger partial charge in [0.15, 0.2) is 12.3 Å². The van der Waals surface area contributed by atoms with Crippen molar-refractivity contribution in [3.05, 3.63) is 118 Å². The molecule has 52 heavy (non-hydrogen) atoms. The van der Waals surface area contributed by atoms with Gasteiger partial charge in [-0.15, -0.1) is 17.0 Å². The molecule has 0 atom stereocenters. The number of nitrogens with two attached hydrogens (primary N) is 1. The molecule has 0 unspecified atom stereocenters. The van der Waals surface area contributed by atoms with Crippen molar-refractivity contribution in [2.24, 2.45) is 5.73 Å². The van der Waals surface area contributed by atoms with Gasteiger partial charge in [-0.1, -0.05) is 80.1 Å². The summed E-state index contributed by atoms with van der Waals surface area (Å²) in [7, 11) is -4.23. The molecule has 2 heterocycles. The molecule has 1 aliphatic carbocycles. The fourth-order valence-corrected chi connectivity index (χ4v) is 8.90. The van der Waals surface area contributed by atoms with E-state index in [4.69, 9.17) is 17.3 Å². The third-order valence-corrected chi connectivity index (χ3v) is 11.8. The van der Waals surface area contributed by atoms with Crippen molar-refractivity contribution in [1.82, 2.24) is 0 Å². The monoisotopic (exact) mass is 879 g/mol. The number of allylic oxidation sites excluding steroid dienone is 8. The maximum atomic E-state index is 11.2. The van der Waals surface area contributed by atoms with E-state index < -0.39 is 10.1 Å². The molecule has 6 rings (SSSR count). The third kappa shape index (κ3) is 9.11. The first kappa shape index (κ1) is 44.9. The van der Waals surface area contributed by atoms with Crippen LogP contribution in [-0.2, 0) is 20.9 Å². The fourth-order valence-electron chi connectivity index (χ4n) is 8.02. The predicted molar refractivity (Wildman–Crippen MR) is 213 cm³/mol. The molecule has 6 nitrogen and oxygen atoms in total. The van der Waals surface area contributed by atoms with Crippen LogP contribution in [0.3, 0.4) is 0 Å². The van der Waals surface area contributed by atoms with E-state index >= 15 is 0 Å². The van der Waals surface area contributed by atoms with E-state index in [0.29, 0.717) is 25.9 Å². The Morgan fingerprint density at radius 3 is 2.37 bits per heavy atom. The van der Waals surface area contributed by atoms with Crippen LogP contribution in [0.4, 0.5) is 11.4 Å². The van der Waals surface area contributed by atoms with Gasteiger partial charge in [0.05, 0.1) is 15.5 Å². The Kier molecular flexibility index (Phi) is 15.9. The summed E-state index contributed by atoms with van der Waals surface area (Å²) in [4.78, 5) is 2.28.